The Bertz CT molecular complexity index is 2540. The highest BCUT2D eigenvalue weighted by atomic mass is 32.2. The monoisotopic (exact) mass is 1350 g/mol. The number of ether oxygens (including phenoxy) is 13. The summed E-state index contributed by atoms with van der Waals surface area (Å²) < 4.78 is 71.6. The lowest BCUT2D eigenvalue weighted by molar-refractivity contribution is -0.140. The number of benzene rings is 2. The fraction of sp³-hybridized carbons (Fsp3) is 0.633. The number of hydrogen-bond donors (Lipinski definition) is 9. The van der Waals surface area contributed by atoms with Crippen molar-refractivity contribution in [2.24, 2.45) is 22.2 Å². The molecule has 528 valence electrons. The van der Waals surface area contributed by atoms with Crippen LogP contribution in [0.5, 0.6) is 5.75 Å². The van der Waals surface area contributed by atoms with Gasteiger partial charge in [-0.3, -0.25) is 48.1 Å². The van der Waals surface area contributed by atoms with E-state index in [-0.39, 0.29) is 93.7 Å². The summed E-state index contributed by atoms with van der Waals surface area (Å²) in [4.78, 5) is 114. The third kappa shape index (κ3) is 42.2. The number of carbonyl (C=O) groups is 9. The van der Waals surface area contributed by atoms with E-state index in [1.165, 1.54) is 23.9 Å². The van der Waals surface area contributed by atoms with Crippen LogP contribution in [0.3, 0.4) is 0 Å². The number of guanidine groups is 1. The smallest absolute Gasteiger partial charge is 0.305 e. The van der Waals surface area contributed by atoms with Crippen LogP contribution in [-0.4, -0.2) is 278 Å². The van der Waals surface area contributed by atoms with Gasteiger partial charge in [0.15, 0.2) is 5.96 Å². The summed E-state index contributed by atoms with van der Waals surface area (Å²) in [5.41, 5.74) is 16.7. The molecule has 1 aliphatic heterocycles. The quantitative estimate of drug-likeness (QED) is 0.0160. The topological polar surface area (TPSA) is 448 Å². The van der Waals surface area contributed by atoms with Crippen LogP contribution in [0.25, 0.3) is 0 Å². The van der Waals surface area contributed by atoms with Gasteiger partial charge >= 0.3 is 5.97 Å². The lowest BCUT2D eigenvalue weighted by Crippen LogP contribution is -2.48. The number of nitrogens with two attached hydrogens (primary N) is 3. The number of hydrogen-bond acceptors (Lipinski definition) is 24. The number of carboxylic acids is 1. The first kappa shape index (κ1) is 81.0. The maximum Gasteiger partial charge on any atom is 0.305 e. The van der Waals surface area contributed by atoms with Crippen molar-refractivity contribution >= 4 is 82.3 Å². The molecule has 2 aromatic carbocycles. The average Bonchev–Trinajstić information content (AvgIpc) is 1.72. The van der Waals surface area contributed by atoms with Crippen molar-refractivity contribution in [3.05, 3.63) is 54.1 Å². The van der Waals surface area contributed by atoms with Crippen LogP contribution in [0.1, 0.15) is 48.9 Å². The molecule has 33 nitrogen and oxygen atoms in total. The number of likely N-dealkylation sites (tertiary alicyclic amines) is 1. The Morgan fingerprint density at radius 3 is 1.53 bits per heavy atom. The van der Waals surface area contributed by atoms with Gasteiger partial charge in [-0.15, -0.1) is 11.8 Å². The van der Waals surface area contributed by atoms with Crippen LogP contribution in [0.15, 0.2) is 53.5 Å². The number of primary amides is 1. The van der Waals surface area contributed by atoms with E-state index in [9.17, 15) is 48.3 Å². The third-order valence-electron chi connectivity index (χ3n) is 12.4. The molecule has 0 saturated carbocycles. The zero-order valence-electron chi connectivity index (χ0n) is 53.2. The second-order valence-electron chi connectivity index (χ2n) is 19.9. The molecule has 2 atom stereocenters. The number of carbonyl (C=O) groups excluding carboxylic acids is 8. The number of nitrogens with one attached hydrogen (secondary N) is 5. The van der Waals surface area contributed by atoms with Crippen molar-refractivity contribution in [3.63, 3.8) is 0 Å². The van der Waals surface area contributed by atoms with E-state index >= 15 is 0 Å². The maximum atomic E-state index is 12.9. The minimum atomic E-state index is -1.45. The van der Waals surface area contributed by atoms with E-state index in [1.54, 1.807) is 36.4 Å². The summed E-state index contributed by atoms with van der Waals surface area (Å²) in [6, 6.07) is 10.8. The van der Waals surface area contributed by atoms with Gasteiger partial charge in [-0.2, -0.15) is 0 Å². The molecule has 0 aromatic heterocycles. The number of aliphatic imine (C=N–C) groups is 1. The number of anilines is 1. The van der Waals surface area contributed by atoms with E-state index < -0.39 is 53.9 Å². The number of nitrogens with zero attached hydrogens (tertiary/aromatic N) is 2. The molecule has 2 aromatic rings. The first-order valence-corrected chi connectivity index (χ1v) is 31.9. The fourth-order valence-corrected chi connectivity index (χ4v) is 8.90. The van der Waals surface area contributed by atoms with Gasteiger partial charge < -0.3 is 110 Å². The Morgan fingerprint density at radius 2 is 1.04 bits per heavy atom. The summed E-state index contributed by atoms with van der Waals surface area (Å²) in [6.07, 6.45) is 0.154. The van der Waals surface area contributed by atoms with Crippen LogP contribution in [0, 0.1) is 0 Å². The van der Waals surface area contributed by atoms with E-state index in [1.807, 2.05) is 0 Å². The fourth-order valence-electron chi connectivity index (χ4n) is 7.77. The molecule has 0 bridgehead atoms. The predicted octanol–water partition coefficient (Wildman–Crippen LogP) is -1.36. The molecule has 1 aliphatic rings. The predicted molar refractivity (Wildman–Crippen MR) is 340 cm³/mol. The normalized spacial score (nSPS) is 13.1. The molecule has 12 N–H and O–H groups in total. The summed E-state index contributed by atoms with van der Waals surface area (Å²) in [5.74, 6) is -4.51. The molecule has 1 fully saturated rings. The number of rotatable bonds is 60. The van der Waals surface area contributed by atoms with Gasteiger partial charge in [-0.05, 0) is 48.9 Å². The van der Waals surface area contributed by atoms with Crippen LogP contribution in [-0.2, 0) is 95.2 Å². The lowest BCUT2D eigenvalue weighted by atomic mass is 10.1. The zero-order chi connectivity index (χ0) is 68.1. The Morgan fingerprint density at radius 1 is 0.564 bits per heavy atom. The SMILES string of the molecule is NC(=O)CCSC1CC(=O)N(CCC(=O)NCCOCCOCCOCCOCCOCCOCCOCCOCCOCCOCCOCCOCCC(=O)NCCCOc2ccc(NC(=O)[C@H](CC(=O)O)NC(=O)CNC(=O)c3cccc(N=C(N)N)c3)cc2)C1=O. The van der Waals surface area contributed by atoms with Gasteiger partial charge in [-0.25, -0.2) is 4.99 Å². The van der Waals surface area contributed by atoms with Gasteiger partial charge in [0, 0.05) is 62.3 Å². The minimum Gasteiger partial charge on any atom is -0.494 e. The number of amides is 8. The number of thioether (sulfide) groups is 1. The van der Waals surface area contributed by atoms with E-state index in [0.29, 0.717) is 181 Å². The second kappa shape index (κ2) is 53.1. The molecule has 34 heteroatoms. The molecule has 0 spiro atoms. The van der Waals surface area contributed by atoms with Crippen LogP contribution >= 0.6 is 11.8 Å². The highest BCUT2D eigenvalue weighted by molar-refractivity contribution is 8.00. The maximum absolute atomic E-state index is 12.9. The molecular weight excluding hydrogens is 1260 g/mol. The van der Waals surface area contributed by atoms with Crippen molar-refractivity contribution in [2.75, 3.05) is 202 Å². The van der Waals surface area contributed by atoms with Crippen LogP contribution < -0.4 is 48.5 Å². The Hall–Kier alpha value is -7.19. The second-order valence-corrected chi connectivity index (χ2v) is 21.2. The molecule has 1 heterocycles. The van der Waals surface area contributed by atoms with Gasteiger partial charge in [0.1, 0.15) is 11.8 Å². The highest BCUT2D eigenvalue weighted by Crippen LogP contribution is 2.26. The molecule has 3 rings (SSSR count). The van der Waals surface area contributed by atoms with Crippen LogP contribution in [0.2, 0.25) is 0 Å². The molecular formula is C60H94N10O23S. The van der Waals surface area contributed by atoms with Gasteiger partial charge in [0.25, 0.3) is 5.91 Å². The molecule has 1 saturated heterocycles. The van der Waals surface area contributed by atoms with Crippen LogP contribution in [0.4, 0.5) is 11.4 Å². The summed E-state index contributed by atoms with van der Waals surface area (Å²) >= 11 is 1.22. The van der Waals surface area contributed by atoms with Gasteiger partial charge in [-0.1, -0.05) is 6.07 Å². The van der Waals surface area contributed by atoms with Gasteiger partial charge in [0.2, 0.25) is 41.4 Å². The highest BCUT2D eigenvalue weighted by Gasteiger charge is 2.38. The third-order valence-corrected chi connectivity index (χ3v) is 13.6. The van der Waals surface area contributed by atoms with Crippen molar-refractivity contribution in [1.29, 1.82) is 0 Å². The van der Waals surface area contributed by atoms with Gasteiger partial charge in [0.05, 0.1) is 189 Å². The lowest BCUT2D eigenvalue weighted by Gasteiger charge is -2.17. The number of imide groups is 1. The Balaban J connectivity index is 0.971. The first-order valence-electron chi connectivity index (χ1n) is 30.8. The largest absolute Gasteiger partial charge is 0.494 e. The first-order chi connectivity index (χ1) is 45.6. The summed E-state index contributed by atoms with van der Waals surface area (Å²) in [7, 11) is 0. The van der Waals surface area contributed by atoms with Crippen molar-refractivity contribution in [3.8, 4) is 5.75 Å². The molecule has 0 aliphatic carbocycles. The Labute approximate surface area is 550 Å². The van der Waals surface area contributed by atoms with E-state index in [4.69, 9.17) is 78.8 Å². The minimum absolute atomic E-state index is 0.00260. The van der Waals surface area contributed by atoms with E-state index in [2.05, 4.69) is 31.6 Å². The molecule has 0 radical (unpaired) electrons. The standard InChI is InChI=1S/C60H94N10O23S/c61-51(71)11-40-94-50-43-55(75)70(59(50)80)14-9-52(72)65-13-17-82-19-21-84-23-25-86-27-29-88-31-33-90-35-37-92-39-38-91-36-34-89-32-30-87-28-26-85-24-22-83-20-18-81-16-10-53(73)64-12-2-15-93-48-7-5-46(6-8-48)67-58(79)49(42-56(76)77)69-54(74)44-66-57(78)45-3-1-4-47(41-45)68-60(62)63/h1,3-8,41,49-50H,2,9-40,42-44H2,(H2,61,71)(H,64,73)(H,65,72)(H,66,78)(H,67,79)(H,69,74)(H,76,77)(H4,62,63,68)/t49-,50?/m0/s1. The summed E-state index contributed by atoms with van der Waals surface area (Å²) in [6.45, 7) is 9.85. The number of carboxylic acid groups (broad SMARTS) is 1. The Kier molecular flexibility index (Phi) is 45.8. The van der Waals surface area contributed by atoms with Crippen molar-refractivity contribution < 1.29 is 110 Å². The molecule has 8 amide bonds. The summed E-state index contributed by atoms with van der Waals surface area (Å²) in [5, 5.41) is 21.6. The average molecular weight is 1360 g/mol. The molecule has 94 heavy (non-hydrogen) atoms. The van der Waals surface area contributed by atoms with E-state index in [0.717, 1.165) is 4.90 Å². The van der Waals surface area contributed by atoms with Crippen molar-refractivity contribution in [2.45, 2.75) is 49.8 Å². The molecule has 1 unspecified atom stereocenters. The zero-order valence-corrected chi connectivity index (χ0v) is 54.0. The number of aliphatic carboxylic acids is 1. The van der Waals surface area contributed by atoms with Crippen molar-refractivity contribution in [1.82, 2.24) is 26.2 Å².